The van der Waals surface area contributed by atoms with Gasteiger partial charge in [0.05, 0.1) is 16.6 Å². The summed E-state index contributed by atoms with van der Waals surface area (Å²) in [5.74, 6) is -0.445. The zero-order valence-corrected chi connectivity index (χ0v) is 19.1. The molecule has 5 rings (SSSR count). The largest absolute Gasteiger partial charge is 0.461 e. The van der Waals surface area contributed by atoms with Gasteiger partial charge in [-0.25, -0.2) is 9.37 Å². The van der Waals surface area contributed by atoms with Gasteiger partial charge in [-0.3, -0.25) is 14.9 Å². The van der Waals surface area contributed by atoms with E-state index in [1.807, 2.05) is 6.92 Å². The first-order valence-electron chi connectivity index (χ1n) is 10.6. The average molecular weight is 463 g/mol. The Morgan fingerprint density at radius 1 is 1.35 bits per heavy atom. The number of rotatable bonds is 2. The van der Waals surface area contributed by atoms with Crippen LogP contribution in [-0.4, -0.2) is 23.0 Å². The number of carbonyl (C=O) groups excluding carboxylic acids is 2. The van der Waals surface area contributed by atoms with E-state index in [0.29, 0.717) is 5.13 Å². The summed E-state index contributed by atoms with van der Waals surface area (Å²) in [6.07, 6.45) is 2.85. The van der Waals surface area contributed by atoms with E-state index < -0.39 is 5.82 Å². The van der Waals surface area contributed by atoms with Gasteiger partial charge in [0.1, 0.15) is 11.9 Å². The molecule has 8 heteroatoms. The summed E-state index contributed by atoms with van der Waals surface area (Å²) in [5.41, 5.74) is 1.30. The smallest absolute Gasteiger partial charge is 0.309 e. The van der Waals surface area contributed by atoms with Gasteiger partial charge >= 0.3 is 5.97 Å². The van der Waals surface area contributed by atoms with Gasteiger partial charge in [-0.1, -0.05) is 32.4 Å². The van der Waals surface area contributed by atoms with E-state index in [9.17, 15) is 14.0 Å². The fourth-order valence-corrected chi connectivity index (χ4v) is 7.38. The molecule has 0 radical (unpaired) electrons. The standard InChI is InChI=1S/C23H24ClFN2O3S/c1-10-13-6-7-23(3)9-16-18(11(2)17(23)19(13)30-21(10)29)26-22(31-16)27-20(28)12-4-5-15(25)14(24)8-12/h4-5,8,10-11,13,17,19H,6-7,9H2,1-3H3,(H,26,27,28)/t10-,11+,13-,17+,19+,23+/m0/s1. The van der Waals surface area contributed by atoms with Crippen LogP contribution in [0.1, 0.15) is 60.5 Å². The molecule has 2 heterocycles. The Morgan fingerprint density at radius 2 is 2.13 bits per heavy atom. The lowest BCUT2D eigenvalue weighted by Gasteiger charge is -2.51. The van der Waals surface area contributed by atoms with Gasteiger partial charge in [0.2, 0.25) is 0 Å². The topological polar surface area (TPSA) is 68.3 Å². The van der Waals surface area contributed by atoms with Crippen molar-refractivity contribution in [2.45, 2.75) is 52.1 Å². The van der Waals surface area contributed by atoms with Crippen LogP contribution >= 0.6 is 22.9 Å². The Balaban J connectivity index is 1.42. The molecule has 6 atom stereocenters. The number of nitrogens with zero attached hydrogens (tertiary/aromatic N) is 1. The van der Waals surface area contributed by atoms with Crippen LogP contribution < -0.4 is 5.32 Å². The zero-order chi connectivity index (χ0) is 22.1. The molecule has 1 aromatic heterocycles. The highest BCUT2D eigenvalue weighted by atomic mass is 35.5. The summed E-state index contributed by atoms with van der Waals surface area (Å²) >= 11 is 7.30. The van der Waals surface area contributed by atoms with E-state index in [-0.39, 0.29) is 57.7 Å². The number of ether oxygens (including phenoxy) is 1. The Kier molecular flexibility index (Phi) is 4.90. The van der Waals surface area contributed by atoms with E-state index in [0.717, 1.165) is 25.0 Å². The number of esters is 1. The maximum Gasteiger partial charge on any atom is 0.309 e. The second kappa shape index (κ2) is 7.27. The molecule has 1 saturated carbocycles. The van der Waals surface area contributed by atoms with Crippen LogP contribution in [0.4, 0.5) is 9.52 Å². The quantitative estimate of drug-likeness (QED) is 0.603. The predicted molar refractivity (Wildman–Crippen MR) is 117 cm³/mol. The molecule has 2 aliphatic carbocycles. The second-order valence-electron chi connectivity index (χ2n) is 9.45. The number of hydrogen-bond donors (Lipinski definition) is 1. The summed E-state index contributed by atoms with van der Waals surface area (Å²) in [7, 11) is 0. The summed E-state index contributed by atoms with van der Waals surface area (Å²) in [4.78, 5) is 30.8. The molecule has 3 aliphatic rings. The molecular weight excluding hydrogens is 439 g/mol. The van der Waals surface area contributed by atoms with Crippen LogP contribution in [0.15, 0.2) is 18.2 Å². The molecule has 2 aromatic rings. The summed E-state index contributed by atoms with van der Waals surface area (Å²) in [5, 5.41) is 3.27. The molecule has 0 bridgehead atoms. The van der Waals surface area contributed by atoms with Crippen molar-refractivity contribution < 1.29 is 18.7 Å². The molecule has 31 heavy (non-hydrogen) atoms. The van der Waals surface area contributed by atoms with Gasteiger partial charge in [-0.2, -0.15) is 0 Å². The van der Waals surface area contributed by atoms with Crippen molar-refractivity contribution in [2.75, 3.05) is 5.32 Å². The Bertz CT molecular complexity index is 1090. The fourth-order valence-electron chi connectivity index (χ4n) is 5.94. The third-order valence-corrected chi connectivity index (χ3v) is 8.84. The summed E-state index contributed by atoms with van der Waals surface area (Å²) < 4.78 is 19.3. The van der Waals surface area contributed by atoms with E-state index in [2.05, 4.69) is 19.2 Å². The highest BCUT2D eigenvalue weighted by Gasteiger charge is 2.58. The van der Waals surface area contributed by atoms with Crippen molar-refractivity contribution in [3.05, 3.63) is 45.2 Å². The van der Waals surface area contributed by atoms with Crippen molar-refractivity contribution in [1.82, 2.24) is 4.98 Å². The number of benzene rings is 1. The minimum Gasteiger partial charge on any atom is -0.461 e. The molecule has 1 N–H and O–H groups in total. The first kappa shape index (κ1) is 20.9. The molecule has 5 nitrogen and oxygen atoms in total. The van der Waals surface area contributed by atoms with Gasteiger partial charge in [-0.05, 0) is 42.9 Å². The van der Waals surface area contributed by atoms with E-state index in [1.165, 1.54) is 34.4 Å². The lowest BCUT2D eigenvalue weighted by atomic mass is 9.54. The monoisotopic (exact) mass is 462 g/mol. The van der Waals surface area contributed by atoms with Crippen molar-refractivity contribution in [2.24, 2.45) is 23.2 Å². The second-order valence-corrected chi connectivity index (χ2v) is 10.9. The van der Waals surface area contributed by atoms with Crippen LogP contribution in [0.5, 0.6) is 0 Å². The molecule has 0 spiro atoms. The van der Waals surface area contributed by atoms with Crippen LogP contribution in [-0.2, 0) is 16.0 Å². The van der Waals surface area contributed by atoms with Gasteiger partial charge < -0.3 is 4.74 Å². The number of thiazole rings is 1. The van der Waals surface area contributed by atoms with Crippen molar-refractivity contribution >= 4 is 39.9 Å². The van der Waals surface area contributed by atoms with Gasteiger partial charge in [0.15, 0.2) is 5.13 Å². The molecule has 1 aliphatic heterocycles. The molecule has 1 aromatic carbocycles. The van der Waals surface area contributed by atoms with Crippen molar-refractivity contribution in [1.29, 1.82) is 0 Å². The normalized spacial score (nSPS) is 33.8. The minimum atomic E-state index is -0.562. The number of fused-ring (bicyclic) bond motifs is 4. The highest BCUT2D eigenvalue weighted by Crippen LogP contribution is 2.59. The molecule has 0 unspecified atom stereocenters. The molecule has 1 amide bonds. The maximum atomic E-state index is 13.4. The lowest BCUT2D eigenvalue weighted by molar-refractivity contribution is -0.149. The van der Waals surface area contributed by atoms with Crippen LogP contribution in [0, 0.1) is 29.0 Å². The van der Waals surface area contributed by atoms with Gasteiger partial charge in [0.25, 0.3) is 5.91 Å². The van der Waals surface area contributed by atoms with Crippen molar-refractivity contribution in [3.63, 3.8) is 0 Å². The van der Waals surface area contributed by atoms with Gasteiger partial charge in [0, 0.05) is 28.2 Å². The number of amides is 1. The van der Waals surface area contributed by atoms with Crippen LogP contribution in [0.25, 0.3) is 0 Å². The SMILES string of the molecule is C[C@@H]1C(=O)O[C@@H]2[C@H]1CC[C@]1(C)Cc3sc(NC(=O)c4ccc(F)c(Cl)c4)nc3[C@H](C)[C@H]21. The molecular formula is C23H24ClFN2O3S. The first-order chi connectivity index (χ1) is 14.7. The Labute approximate surface area is 189 Å². The van der Waals surface area contributed by atoms with Crippen LogP contribution in [0.2, 0.25) is 5.02 Å². The fraction of sp³-hybridized carbons (Fsp3) is 0.522. The highest BCUT2D eigenvalue weighted by molar-refractivity contribution is 7.15. The van der Waals surface area contributed by atoms with E-state index >= 15 is 0 Å². The van der Waals surface area contributed by atoms with Crippen LogP contribution in [0.3, 0.4) is 0 Å². The Hall–Kier alpha value is -1.99. The third kappa shape index (κ3) is 3.28. The summed E-state index contributed by atoms with van der Waals surface area (Å²) in [6, 6.07) is 3.89. The number of hydrogen-bond acceptors (Lipinski definition) is 5. The molecule has 2 fully saturated rings. The maximum absolute atomic E-state index is 13.4. The number of anilines is 1. The number of aromatic nitrogens is 1. The summed E-state index contributed by atoms with van der Waals surface area (Å²) in [6.45, 7) is 6.43. The average Bonchev–Trinajstić information content (AvgIpc) is 3.23. The Morgan fingerprint density at radius 3 is 2.87 bits per heavy atom. The number of carbonyl (C=O) groups is 2. The van der Waals surface area contributed by atoms with E-state index in [1.54, 1.807) is 0 Å². The third-order valence-electron chi connectivity index (χ3n) is 7.56. The molecule has 164 valence electrons. The zero-order valence-electron chi connectivity index (χ0n) is 17.6. The number of halogens is 2. The van der Waals surface area contributed by atoms with E-state index in [4.69, 9.17) is 21.3 Å². The number of nitrogens with one attached hydrogen (secondary N) is 1. The minimum absolute atomic E-state index is 0.0379. The molecule has 1 saturated heterocycles. The van der Waals surface area contributed by atoms with Gasteiger partial charge in [-0.15, -0.1) is 11.3 Å². The lowest BCUT2D eigenvalue weighted by Crippen LogP contribution is -2.50. The van der Waals surface area contributed by atoms with Crippen molar-refractivity contribution in [3.8, 4) is 0 Å². The first-order valence-corrected chi connectivity index (χ1v) is 11.8. The predicted octanol–water partition coefficient (Wildman–Crippen LogP) is 5.44.